The van der Waals surface area contributed by atoms with Crippen LogP contribution in [-0.2, 0) is 11.2 Å². The molecule has 2 N–H and O–H groups in total. The summed E-state index contributed by atoms with van der Waals surface area (Å²) in [4.78, 5) is 10.9. The molecule has 0 unspecified atom stereocenters. The highest BCUT2D eigenvalue weighted by atomic mass is 19.1. The zero-order valence-electron chi connectivity index (χ0n) is 9.70. The van der Waals surface area contributed by atoms with Crippen LogP contribution in [0.2, 0.25) is 0 Å². The third kappa shape index (κ3) is 4.40. The van der Waals surface area contributed by atoms with Gasteiger partial charge in [-0.05, 0) is 18.1 Å². The van der Waals surface area contributed by atoms with Crippen molar-refractivity contribution in [2.75, 3.05) is 6.61 Å². The van der Waals surface area contributed by atoms with E-state index in [0.717, 1.165) is 12.8 Å². The number of hydroxylamine groups is 1. The van der Waals surface area contributed by atoms with Crippen molar-refractivity contribution in [3.8, 4) is 5.75 Å². The van der Waals surface area contributed by atoms with Crippen molar-refractivity contribution in [2.45, 2.75) is 26.2 Å². The predicted molar refractivity (Wildman–Crippen MR) is 60.4 cm³/mol. The lowest BCUT2D eigenvalue weighted by atomic mass is 10.1. The second-order valence-electron chi connectivity index (χ2n) is 3.67. The molecule has 0 heterocycles. The minimum atomic E-state index is -0.649. The van der Waals surface area contributed by atoms with E-state index in [1.54, 1.807) is 6.07 Å². The van der Waals surface area contributed by atoms with Gasteiger partial charge in [0.2, 0.25) is 5.91 Å². The lowest BCUT2D eigenvalue weighted by Gasteiger charge is -2.07. The fraction of sp³-hybridized carbons (Fsp3) is 0.417. The van der Waals surface area contributed by atoms with E-state index in [1.807, 2.05) is 6.92 Å². The molecule has 0 spiro atoms. The van der Waals surface area contributed by atoms with Gasteiger partial charge in [0.15, 0.2) is 0 Å². The van der Waals surface area contributed by atoms with E-state index in [-0.39, 0.29) is 12.0 Å². The second-order valence-corrected chi connectivity index (χ2v) is 3.67. The number of carbonyl (C=O) groups excluding carboxylic acids is 1. The van der Waals surface area contributed by atoms with E-state index in [4.69, 9.17) is 9.94 Å². The molecule has 0 bridgehead atoms. The molecule has 0 aromatic heterocycles. The molecule has 0 atom stereocenters. The summed E-state index contributed by atoms with van der Waals surface area (Å²) in [7, 11) is 0. The van der Waals surface area contributed by atoms with Crippen LogP contribution in [0.4, 0.5) is 4.39 Å². The summed E-state index contributed by atoms with van der Waals surface area (Å²) in [5.41, 5.74) is 1.68. The normalized spacial score (nSPS) is 10.1. The Labute approximate surface area is 99.4 Å². The molecule has 0 radical (unpaired) electrons. The van der Waals surface area contributed by atoms with Gasteiger partial charge in [-0.2, -0.15) is 0 Å². The van der Waals surface area contributed by atoms with Crippen LogP contribution in [0.3, 0.4) is 0 Å². The van der Waals surface area contributed by atoms with Crippen LogP contribution in [0.5, 0.6) is 5.75 Å². The molecule has 1 aromatic rings. The Kier molecular flexibility index (Phi) is 5.42. The summed E-state index contributed by atoms with van der Waals surface area (Å²) in [6.45, 7) is 2.59. The minimum Gasteiger partial charge on any atom is -0.493 e. The Morgan fingerprint density at radius 2 is 2.29 bits per heavy atom. The number of ether oxygens (including phenoxy) is 1. The van der Waals surface area contributed by atoms with E-state index >= 15 is 0 Å². The number of unbranched alkanes of at least 4 members (excludes halogenated alkanes) is 1. The van der Waals surface area contributed by atoms with Crippen LogP contribution in [0.15, 0.2) is 18.2 Å². The molecule has 0 aliphatic heterocycles. The first-order valence-electron chi connectivity index (χ1n) is 5.51. The summed E-state index contributed by atoms with van der Waals surface area (Å²) in [6.07, 6.45) is 1.73. The average Bonchev–Trinajstić information content (AvgIpc) is 2.32. The summed E-state index contributed by atoms with van der Waals surface area (Å²) >= 11 is 0. The number of hydrogen-bond donors (Lipinski definition) is 2. The van der Waals surface area contributed by atoms with Crippen LogP contribution < -0.4 is 10.2 Å². The summed E-state index contributed by atoms with van der Waals surface area (Å²) in [5.74, 6) is -0.713. The topological polar surface area (TPSA) is 58.6 Å². The first-order valence-corrected chi connectivity index (χ1v) is 5.51. The van der Waals surface area contributed by atoms with E-state index in [0.29, 0.717) is 12.4 Å². The molecule has 1 rings (SSSR count). The zero-order chi connectivity index (χ0) is 12.7. The quantitative estimate of drug-likeness (QED) is 0.455. The molecule has 5 heteroatoms. The van der Waals surface area contributed by atoms with Gasteiger partial charge >= 0.3 is 0 Å². The van der Waals surface area contributed by atoms with Crippen LogP contribution >= 0.6 is 0 Å². The third-order valence-electron chi connectivity index (χ3n) is 2.27. The van der Waals surface area contributed by atoms with Gasteiger partial charge in [0.1, 0.15) is 11.6 Å². The standard InChI is InChI=1S/C12H16FNO3/c1-2-3-6-17-10-5-4-9(11(13)8-10)7-12(15)14-16/h4-5,8,16H,2-3,6-7H2,1H3,(H,14,15). The maximum atomic E-state index is 13.5. The molecule has 94 valence electrons. The Hall–Kier alpha value is -1.62. The largest absolute Gasteiger partial charge is 0.493 e. The average molecular weight is 241 g/mol. The number of rotatable bonds is 6. The molecule has 4 nitrogen and oxygen atoms in total. The molecule has 17 heavy (non-hydrogen) atoms. The lowest BCUT2D eigenvalue weighted by molar-refractivity contribution is -0.128. The van der Waals surface area contributed by atoms with Crippen molar-refractivity contribution in [1.82, 2.24) is 5.48 Å². The van der Waals surface area contributed by atoms with Gasteiger partial charge in [-0.1, -0.05) is 19.4 Å². The molecule has 0 aliphatic rings. The molecule has 0 aliphatic carbocycles. The highest BCUT2D eigenvalue weighted by Crippen LogP contribution is 2.17. The number of halogens is 1. The highest BCUT2D eigenvalue weighted by Gasteiger charge is 2.08. The highest BCUT2D eigenvalue weighted by molar-refractivity contribution is 5.77. The lowest BCUT2D eigenvalue weighted by Crippen LogP contribution is -2.21. The predicted octanol–water partition coefficient (Wildman–Crippen LogP) is 2.05. The van der Waals surface area contributed by atoms with E-state index in [9.17, 15) is 9.18 Å². The van der Waals surface area contributed by atoms with Crippen LogP contribution in [0.1, 0.15) is 25.3 Å². The first kappa shape index (κ1) is 13.4. The van der Waals surface area contributed by atoms with Crippen LogP contribution in [0.25, 0.3) is 0 Å². The molecular formula is C12H16FNO3. The monoisotopic (exact) mass is 241 g/mol. The fourth-order valence-corrected chi connectivity index (χ4v) is 1.31. The Bertz CT molecular complexity index is 382. The van der Waals surface area contributed by atoms with E-state index in [1.165, 1.54) is 17.6 Å². The van der Waals surface area contributed by atoms with Gasteiger partial charge in [-0.25, -0.2) is 9.87 Å². The van der Waals surface area contributed by atoms with Crippen molar-refractivity contribution in [1.29, 1.82) is 0 Å². The molecule has 0 fully saturated rings. The molecular weight excluding hydrogens is 225 g/mol. The molecule has 1 aromatic carbocycles. The number of amides is 1. The summed E-state index contributed by atoms with van der Waals surface area (Å²) < 4.78 is 18.8. The molecule has 0 saturated carbocycles. The zero-order valence-corrected chi connectivity index (χ0v) is 9.70. The molecule has 1 amide bonds. The van der Waals surface area contributed by atoms with E-state index < -0.39 is 11.7 Å². The number of benzene rings is 1. The van der Waals surface area contributed by atoms with Crippen molar-refractivity contribution in [3.05, 3.63) is 29.6 Å². The van der Waals surface area contributed by atoms with E-state index in [2.05, 4.69) is 0 Å². The van der Waals surface area contributed by atoms with Gasteiger partial charge < -0.3 is 4.74 Å². The number of hydrogen-bond acceptors (Lipinski definition) is 3. The Morgan fingerprint density at radius 1 is 1.53 bits per heavy atom. The smallest absolute Gasteiger partial charge is 0.247 e. The minimum absolute atomic E-state index is 0.197. The summed E-state index contributed by atoms with van der Waals surface area (Å²) in [6, 6.07) is 4.33. The maximum Gasteiger partial charge on any atom is 0.247 e. The van der Waals surface area contributed by atoms with Gasteiger partial charge in [0.05, 0.1) is 13.0 Å². The SMILES string of the molecule is CCCCOc1ccc(CC(=O)NO)c(F)c1. The second kappa shape index (κ2) is 6.85. The number of carbonyl (C=O) groups is 1. The summed E-state index contributed by atoms with van der Waals surface area (Å²) in [5, 5.41) is 8.34. The van der Waals surface area contributed by atoms with Gasteiger partial charge in [-0.15, -0.1) is 0 Å². The van der Waals surface area contributed by atoms with Gasteiger partial charge in [0, 0.05) is 6.07 Å². The fourth-order valence-electron chi connectivity index (χ4n) is 1.31. The third-order valence-corrected chi connectivity index (χ3v) is 2.27. The van der Waals surface area contributed by atoms with Crippen LogP contribution in [-0.4, -0.2) is 17.7 Å². The van der Waals surface area contributed by atoms with Crippen LogP contribution in [0, 0.1) is 5.82 Å². The Balaban J connectivity index is 2.62. The van der Waals surface area contributed by atoms with Crippen molar-refractivity contribution in [2.24, 2.45) is 0 Å². The maximum absolute atomic E-state index is 13.5. The van der Waals surface area contributed by atoms with Crippen molar-refractivity contribution in [3.63, 3.8) is 0 Å². The van der Waals surface area contributed by atoms with Gasteiger partial charge in [0.25, 0.3) is 0 Å². The first-order chi connectivity index (χ1) is 8.17. The van der Waals surface area contributed by atoms with Gasteiger partial charge in [-0.3, -0.25) is 10.0 Å². The number of nitrogens with one attached hydrogen (secondary N) is 1. The van der Waals surface area contributed by atoms with Crippen molar-refractivity contribution < 1.29 is 19.1 Å². The Morgan fingerprint density at radius 3 is 2.88 bits per heavy atom. The molecule has 0 saturated heterocycles. The van der Waals surface area contributed by atoms with Crippen molar-refractivity contribution >= 4 is 5.91 Å².